The Kier molecular flexibility index (Phi) is 6.73. The predicted molar refractivity (Wildman–Crippen MR) is 96.1 cm³/mol. The van der Waals surface area contributed by atoms with Gasteiger partial charge in [-0.3, -0.25) is 14.9 Å². The van der Waals surface area contributed by atoms with Crippen LogP contribution >= 0.6 is 11.6 Å². The number of methoxy groups -OCH3 is 1. The number of nitrogens with zero attached hydrogens (tertiary/aromatic N) is 1. The summed E-state index contributed by atoms with van der Waals surface area (Å²) in [4.78, 5) is 22.8. The average molecular weight is 364 g/mol. The maximum atomic E-state index is 12.0. The van der Waals surface area contributed by atoms with E-state index in [1.165, 1.54) is 25.3 Å². The SMILES string of the molecule is COCCNC(=O)c1ccc(NCc2ccccc2Cl)c([N+](=O)[O-])c1. The van der Waals surface area contributed by atoms with Crippen LogP contribution in [-0.4, -0.2) is 31.1 Å². The van der Waals surface area contributed by atoms with E-state index < -0.39 is 10.8 Å². The fourth-order valence-corrected chi connectivity index (χ4v) is 2.38. The van der Waals surface area contributed by atoms with Crippen LogP contribution in [0.1, 0.15) is 15.9 Å². The van der Waals surface area contributed by atoms with Gasteiger partial charge in [0.2, 0.25) is 0 Å². The van der Waals surface area contributed by atoms with Crippen molar-refractivity contribution in [2.24, 2.45) is 0 Å². The number of halogens is 1. The number of hydrogen-bond acceptors (Lipinski definition) is 5. The number of hydrogen-bond donors (Lipinski definition) is 2. The van der Waals surface area contributed by atoms with E-state index in [2.05, 4.69) is 10.6 Å². The van der Waals surface area contributed by atoms with E-state index in [-0.39, 0.29) is 11.3 Å². The van der Waals surface area contributed by atoms with Gasteiger partial charge in [-0.2, -0.15) is 0 Å². The van der Waals surface area contributed by atoms with Crippen molar-refractivity contribution in [3.63, 3.8) is 0 Å². The Hall–Kier alpha value is -2.64. The second kappa shape index (κ2) is 9.00. The number of nitro benzene ring substituents is 1. The lowest BCUT2D eigenvalue weighted by molar-refractivity contribution is -0.384. The lowest BCUT2D eigenvalue weighted by Crippen LogP contribution is -2.27. The van der Waals surface area contributed by atoms with Crippen molar-refractivity contribution in [1.82, 2.24) is 5.32 Å². The van der Waals surface area contributed by atoms with Gasteiger partial charge in [-0.1, -0.05) is 29.8 Å². The summed E-state index contributed by atoms with van der Waals surface area (Å²) in [5, 5.41) is 17.5. The standard InChI is InChI=1S/C17H18ClN3O4/c1-25-9-8-19-17(22)12-6-7-15(16(10-12)21(23)24)20-11-13-4-2-3-5-14(13)18/h2-7,10,20H,8-9,11H2,1H3,(H,19,22). The third-order valence-corrected chi connectivity index (χ3v) is 3.84. The molecule has 7 nitrogen and oxygen atoms in total. The molecular weight excluding hydrogens is 346 g/mol. The Morgan fingerprint density at radius 1 is 1.28 bits per heavy atom. The van der Waals surface area contributed by atoms with Crippen LogP contribution in [0.4, 0.5) is 11.4 Å². The third-order valence-electron chi connectivity index (χ3n) is 3.48. The Morgan fingerprint density at radius 3 is 2.72 bits per heavy atom. The second-order valence-corrected chi connectivity index (χ2v) is 5.59. The fraction of sp³-hybridized carbons (Fsp3) is 0.235. The molecule has 25 heavy (non-hydrogen) atoms. The summed E-state index contributed by atoms with van der Waals surface area (Å²) in [6, 6.07) is 11.5. The van der Waals surface area contributed by atoms with Crippen LogP contribution < -0.4 is 10.6 Å². The topological polar surface area (TPSA) is 93.5 Å². The Morgan fingerprint density at radius 2 is 2.04 bits per heavy atom. The molecular formula is C17H18ClN3O4. The zero-order valence-electron chi connectivity index (χ0n) is 13.6. The van der Waals surface area contributed by atoms with Crippen LogP contribution in [0.2, 0.25) is 5.02 Å². The summed E-state index contributed by atoms with van der Waals surface area (Å²) in [6.45, 7) is 1.03. The van der Waals surface area contributed by atoms with Crippen molar-refractivity contribution in [1.29, 1.82) is 0 Å². The molecule has 1 amide bonds. The molecule has 2 aromatic carbocycles. The number of ether oxygens (including phenoxy) is 1. The van der Waals surface area contributed by atoms with Gasteiger partial charge in [-0.25, -0.2) is 0 Å². The first-order chi connectivity index (χ1) is 12.0. The van der Waals surface area contributed by atoms with Gasteiger partial charge in [0.05, 0.1) is 11.5 Å². The quantitative estimate of drug-likeness (QED) is 0.426. The number of anilines is 1. The van der Waals surface area contributed by atoms with Gasteiger partial charge >= 0.3 is 0 Å². The molecule has 0 saturated heterocycles. The molecule has 0 aliphatic carbocycles. The molecule has 0 radical (unpaired) electrons. The first-order valence-corrected chi connectivity index (χ1v) is 7.93. The molecule has 0 fully saturated rings. The minimum Gasteiger partial charge on any atom is -0.383 e. The van der Waals surface area contributed by atoms with Gasteiger partial charge in [-0.15, -0.1) is 0 Å². The molecule has 132 valence electrons. The lowest BCUT2D eigenvalue weighted by atomic mass is 10.1. The maximum absolute atomic E-state index is 12.0. The summed E-state index contributed by atoms with van der Waals surface area (Å²) in [6.07, 6.45) is 0. The molecule has 0 atom stereocenters. The predicted octanol–water partition coefficient (Wildman–Crippen LogP) is 3.24. The van der Waals surface area contributed by atoms with Crippen LogP contribution in [-0.2, 0) is 11.3 Å². The van der Waals surface area contributed by atoms with E-state index in [0.29, 0.717) is 30.4 Å². The summed E-state index contributed by atoms with van der Waals surface area (Å²) < 4.78 is 4.85. The molecule has 0 heterocycles. The number of nitro groups is 1. The largest absolute Gasteiger partial charge is 0.383 e. The van der Waals surface area contributed by atoms with E-state index in [9.17, 15) is 14.9 Å². The van der Waals surface area contributed by atoms with Gasteiger partial charge in [0.15, 0.2) is 0 Å². The highest BCUT2D eigenvalue weighted by molar-refractivity contribution is 6.31. The minimum atomic E-state index is -0.527. The zero-order chi connectivity index (χ0) is 18.2. The number of nitrogens with one attached hydrogen (secondary N) is 2. The number of carbonyl (C=O) groups is 1. The van der Waals surface area contributed by atoms with Gasteiger partial charge in [0.25, 0.3) is 11.6 Å². The molecule has 0 aliphatic rings. The summed E-state index contributed by atoms with van der Waals surface area (Å²) >= 11 is 6.08. The van der Waals surface area contributed by atoms with E-state index in [4.69, 9.17) is 16.3 Å². The van der Waals surface area contributed by atoms with Crippen molar-refractivity contribution >= 4 is 28.9 Å². The van der Waals surface area contributed by atoms with E-state index >= 15 is 0 Å². The Bertz CT molecular complexity index is 767. The Labute approximate surface area is 150 Å². The average Bonchev–Trinajstić information content (AvgIpc) is 2.61. The molecule has 0 aliphatic heterocycles. The molecule has 8 heteroatoms. The molecule has 2 N–H and O–H groups in total. The molecule has 0 aromatic heterocycles. The van der Waals surface area contributed by atoms with Gasteiger partial charge in [0.1, 0.15) is 5.69 Å². The first kappa shape index (κ1) is 18.7. The van der Waals surface area contributed by atoms with Crippen molar-refractivity contribution in [3.8, 4) is 0 Å². The molecule has 0 saturated carbocycles. The molecule has 0 spiro atoms. The van der Waals surface area contributed by atoms with E-state index in [1.807, 2.05) is 18.2 Å². The number of amides is 1. The zero-order valence-corrected chi connectivity index (χ0v) is 14.4. The van der Waals surface area contributed by atoms with Gasteiger partial charge < -0.3 is 15.4 Å². The summed E-state index contributed by atoms with van der Waals surface area (Å²) in [5.74, 6) is -0.391. The van der Waals surface area contributed by atoms with Crippen molar-refractivity contribution < 1.29 is 14.5 Å². The highest BCUT2D eigenvalue weighted by Gasteiger charge is 2.17. The van der Waals surface area contributed by atoms with Crippen LogP contribution in [0.15, 0.2) is 42.5 Å². The molecule has 2 aromatic rings. The molecule has 2 rings (SSSR count). The van der Waals surface area contributed by atoms with Crippen LogP contribution in [0.3, 0.4) is 0 Å². The second-order valence-electron chi connectivity index (χ2n) is 5.18. The van der Waals surface area contributed by atoms with E-state index in [1.54, 1.807) is 6.07 Å². The summed E-state index contributed by atoms with van der Waals surface area (Å²) in [5.41, 5.74) is 1.18. The maximum Gasteiger partial charge on any atom is 0.293 e. The fourth-order valence-electron chi connectivity index (χ4n) is 2.17. The number of benzene rings is 2. The van der Waals surface area contributed by atoms with Crippen LogP contribution in [0.25, 0.3) is 0 Å². The molecule has 0 unspecified atom stereocenters. The first-order valence-electron chi connectivity index (χ1n) is 7.55. The van der Waals surface area contributed by atoms with E-state index in [0.717, 1.165) is 5.56 Å². The van der Waals surface area contributed by atoms with Crippen LogP contribution in [0, 0.1) is 10.1 Å². The van der Waals surface area contributed by atoms with Crippen molar-refractivity contribution in [3.05, 3.63) is 68.7 Å². The van der Waals surface area contributed by atoms with Gasteiger partial charge in [-0.05, 0) is 23.8 Å². The highest BCUT2D eigenvalue weighted by atomic mass is 35.5. The highest BCUT2D eigenvalue weighted by Crippen LogP contribution is 2.27. The van der Waals surface area contributed by atoms with Crippen LogP contribution in [0.5, 0.6) is 0 Å². The van der Waals surface area contributed by atoms with Crippen molar-refractivity contribution in [2.45, 2.75) is 6.54 Å². The minimum absolute atomic E-state index is 0.175. The summed E-state index contributed by atoms with van der Waals surface area (Å²) in [7, 11) is 1.52. The van der Waals surface area contributed by atoms with Gasteiger partial charge in [0, 0.05) is 36.9 Å². The number of rotatable bonds is 8. The smallest absolute Gasteiger partial charge is 0.293 e. The molecule has 0 bridgehead atoms. The monoisotopic (exact) mass is 363 g/mol. The number of carbonyl (C=O) groups excluding carboxylic acids is 1. The third kappa shape index (κ3) is 5.17. The Balaban J connectivity index is 2.14. The lowest BCUT2D eigenvalue weighted by Gasteiger charge is -2.10. The normalized spacial score (nSPS) is 10.3. The van der Waals surface area contributed by atoms with Crippen molar-refractivity contribution in [2.75, 3.05) is 25.6 Å².